The highest BCUT2D eigenvalue weighted by molar-refractivity contribution is 7.84. The fourth-order valence-corrected chi connectivity index (χ4v) is 4.90. The zero-order valence-electron chi connectivity index (χ0n) is 17.1. The molecule has 1 aromatic carbocycles. The van der Waals surface area contributed by atoms with E-state index in [0.29, 0.717) is 28.1 Å². The first-order chi connectivity index (χ1) is 14.4. The second-order valence-electron chi connectivity index (χ2n) is 7.75. The molecule has 0 spiro atoms. The number of nitrogens with one attached hydrogen (secondary N) is 1. The van der Waals surface area contributed by atoms with Crippen molar-refractivity contribution >= 4 is 39.8 Å². The van der Waals surface area contributed by atoms with Gasteiger partial charge in [-0.1, -0.05) is 28.9 Å². The van der Waals surface area contributed by atoms with Crippen LogP contribution in [0.25, 0.3) is 0 Å². The summed E-state index contributed by atoms with van der Waals surface area (Å²) in [6, 6.07) is 8.99. The fourth-order valence-electron chi connectivity index (χ4n) is 3.80. The lowest BCUT2D eigenvalue weighted by atomic mass is 9.79. The first-order valence-corrected chi connectivity index (χ1v) is 11.9. The van der Waals surface area contributed by atoms with Crippen LogP contribution in [0.4, 0.5) is 5.82 Å². The molecular weight excluding hydrogens is 422 g/mol. The number of hydrogen-bond donors (Lipinski definition) is 2. The maximum Gasteiger partial charge on any atom is 0.233 e. The van der Waals surface area contributed by atoms with Crippen LogP contribution in [0.1, 0.15) is 49.1 Å². The molecular formula is C22H26ClN3O3S. The molecule has 2 unspecified atom stereocenters. The molecule has 30 heavy (non-hydrogen) atoms. The third-order valence-electron chi connectivity index (χ3n) is 5.54. The third-order valence-corrected chi connectivity index (χ3v) is 6.94. The number of hydrogen-bond acceptors (Lipinski definition) is 5. The molecule has 1 aromatic heterocycles. The van der Waals surface area contributed by atoms with Crippen LogP contribution < -0.4 is 5.32 Å². The molecule has 2 aromatic rings. The first kappa shape index (κ1) is 22.4. The number of amides is 1. The number of oxime groups is 1. The van der Waals surface area contributed by atoms with Crippen LogP contribution in [0.5, 0.6) is 0 Å². The van der Waals surface area contributed by atoms with E-state index >= 15 is 0 Å². The lowest BCUT2D eigenvalue weighted by Gasteiger charge is -2.27. The summed E-state index contributed by atoms with van der Waals surface area (Å²) in [6.07, 6.45) is 7.17. The van der Waals surface area contributed by atoms with Crippen LogP contribution >= 0.6 is 11.6 Å². The van der Waals surface area contributed by atoms with Gasteiger partial charge in [0.2, 0.25) is 5.91 Å². The van der Waals surface area contributed by atoms with Crippen molar-refractivity contribution in [2.24, 2.45) is 11.1 Å². The van der Waals surface area contributed by atoms with Crippen LogP contribution in [0, 0.1) is 12.8 Å². The van der Waals surface area contributed by atoms with Gasteiger partial charge >= 0.3 is 0 Å². The van der Waals surface area contributed by atoms with Gasteiger partial charge in [0.1, 0.15) is 5.82 Å². The van der Waals surface area contributed by atoms with Gasteiger partial charge < -0.3 is 10.5 Å². The van der Waals surface area contributed by atoms with Gasteiger partial charge in [-0.05, 0) is 74.3 Å². The monoisotopic (exact) mass is 447 g/mol. The predicted molar refractivity (Wildman–Crippen MR) is 120 cm³/mol. The Morgan fingerprint density at radius 3 is 2.63 bits per heavy atom. The standard InChI is InChI=1S/C22H26ClN3O3S/c1-14-3-10-21(24-13-14)25-22(27)18(11-15-4-7-17(26-28)8-5-15)16-6-9-20(30(2)29)19(23)12-16/h3,6,9-10,12-13,15,18,28H,4-5,7-8,11H2,1-2H3,(H,24,25,27). The minimum atomic E-state index is -1.20. The zero-order chi connectivity index (χ0) is 21.7. The van der Waals surface area contributed by atoms with Crippen LogP contribution in [0.3, 0.4) is 0 Å². The van der Waals surface area contributed by atoms with Gasteiger partial charge in [0.15, 0.2) is 0 Å². The predicted octanol–water partition coefficient (Wildman–Crippen LogP) is 4.91. The Bertz CT molecular complexity index is 953. The normalized spacial score (nSPS) is 18.5. The largest absolute Gasteiger partial charge is 0.411 e. The molecule has 1 heterocycles. The average Bonchev–Trinajstić information content (AvgIpc) is 2.73. The molecule has 2 atom stereocenters. The molecule has 0 aliphatic heterocycles. The van der Waals surface area contributed by atoms with Gasteiger partial charge in [0, 0.05) is 12.5 Å². The number of anilines is 1. The summed E-state index contributed by atoms with van der Waals surface area (Å²) >= 11 is 6.35. The number of benzene rings is 1. The van der Waals surface area contributed by atoms with Crippen molar-refractivity contribution < 1.29 is 14.2 Å². The number of carbonyl (C=O) groups excluding carboxylic acids is 1. The Labute approximate surface area is 184 Å². The van der Waals surface area contributed by atoms with Crippen LogP contribution in [-0.2, 0) is 15.6 Å². The molecule has 8 heteroatoms. The van der Waals surface area contributed by atoms with Crippen molar-refractivity contribution in [2.45, 2.75) is 49.8 Å². The highest BCUT2D eigenvalue weighted by Gasteiger charge is 2.28. The third kappa shape index (κ3) is 5.67. The lowest BCUT2D eigenvalue weighted by Crippen LogP contribution is -2.26. The van der Waals surface area contributed by atoms with Crippen molar-refractivity contribution in [1.82, 2.24) is 4.98 Å². The molecule has 6 nitrogen and oxygen atoms in total. The van der Waals surface area contributed by atoms with Crippen molar-refractivity contribution in [3.8, 4) is 0 Å². The highest BCUT2D eigenvalue weighted by Crippen LogP contribution is 2.35. The summed E-state index contributed by atoms with van der Waals surface area (Å²) in [5.74, 6) is 0.277. The Balaban J connectivity index is 1.84. The van der Waals surface area contributed by atoms with Gasteiger partial charge in [-0.15, -0.1) is 0 Å². The zero-order valence-corrected chi connectivity index (χ0v) is 18.7. The van der Waals surface area contributed by atoms with E-state index in [1.165, 1.54) is 0 Å². The molecule has 1 amide bonds. The number of pyridine rings is 1. The van der Waals surface area contributed by atoms with Crippen molar-refractivity contribution in [3.63, 3.8) is 0 Å². The minimum absolute atomic E-state index is 0.144. The maximum absolute atomic E-state index is 13.2. The van der Waals surface area contributed by atoms with Gasteiger partial charge in [0.05, 0.1) is 32.3 Å². The average molecular weight is 448 g/mol. The minimum Gasteiger partial charge on any atom is -0.411 e. The van der Waals surface area contributed by atoms with E-state index in [2.05, 4.69) is 15.5 Å². The van der Waals surface area contributed by atoms with E-state index in [9.17, 15) is 9.00 Å². The van der Waals surface area contributed by atoms with Crippen LogP contribution in [-0.4, -0.2) is 32.3 Å². The van der Waals surface area contributed by atoms with E-state index in [1.807, 2.05) is 19.1 Å². The first-order valence-electron chi connectivity index (χ1n) is 9.93. The van der Waals surface area contributed by atoms with E-state index in [0.717, 1.165) is 42.5 Å². The maximum atomic E-state index is 13.2. The van der Waals surface area contributed by atoms with E-state index in [4.69, 9.17) is 16.8 Å². The number of halogens is 1. The number of nitrogens with zero attached hydrogens (tertiary/aromatic N) is 2. The molecule has 1 aliphatic rings. The van der Waals surface area contributed by atoms with E-state index in [-0.39, 0.29) is 5.91 Å². The molecule has 1 fully saturated rings. The van der Waals surface area contributed by atoms with Gasteiger partial charge in [-0.25, -0.2) is 4.98 Å². The topological polar surface area (TPSA) is 91.6 Å². The smallest absolute Gasteiger partial charge is 0.233 e. The summed E-state index contributed by atoms with van der Waals surface area (Å²) < 4.78 is 11.8. The van der Waals surface area contributed by atoms with Crippen LogP contribution in [0.15, 0.2) is 46.6 Å². The molecule has 0 radical (unpaired) electrons. The molecule has 0 saturated heterocycles. The summed E-state index contributed by atoms with van der Waals surface area (Å²) in [4.78, 5) is 18.0. The van der Waals surface area contributed by atoms with Gasteiger partial charge in [-0.3, -0.25) is 9.00 Å². The molecule has 1 saturated carbocycles. The van der Waals surface area contributed by atoms with Crippen LogP contribution in [0.2, 0.25) is 5.02 Å². The second kappa shape index (κ2) is 10.2. The number of aryl methyl sites for hydroxylation is 1. The van der Waals surface area contributed by atoms with Gasteiger partial charge in [-0.2, -0.15) is 0 Å². The molecule has 2 N–H and O–H groups in total. The Kier molecular flexibility index (Phi) is 7.61. The number of aromatic nitrogens is 1. The molecule has 0 bridgehead atoms. The Morgan fingerprint density at radius 1 is 1.33 bits per heavy atom. The fraction of sp³-hybridized carbons (Fsp3) is 0.409. The summed E-state index contributed by atoms with van der Waals surface area (Å²) in [6.45, 7) is 1.94. The van der Waals surface area contributed by atoms with E-state index < -0.39 is 16.7 Å². The highest BCUT2D eigenvalue weighted by atomic mass is 35.5. The number of rotatable bonds is 6. The summed E-state index contributed by atoms with van der Waals surface area (Å²) in [5.41, 5.74) is 2.62. The lowest BCUT2D eigenvalue weighted by molar-refractivity contribution is -0.118. The second-order valence-corrected chi connectivity index (χ2v) is 9.51. The summed E-state index contributed by atoms with van der Waals surface area (Å²) in [5, 5.41) is 15.6. The van der Waals surface area contributed by atoms with Crippen molar-refractivity contribution in [2.75, 3.05) is 11.6 Å². The van der Waals surface area contributed by atoms with Gasteiger partial charge in [0.25, 0.3) is 0 Å². The molecule has 160 valence electrons. The van der Waals surface area contributed by atoms with Crippen molar-refractivity contribution in [1.29, 1.82) is 0 Å². The van der Waals surface area contributed by atoms with Crippen molar-refractivity contribution in [3.05, 3.63) is 52.7 Å². The molecule has 3 rings (SSSR count). The quantitative estimate of drug-likeness (QED) is 0.486. The summed E-state index contributed by atoms with van der Waals surface area (Å²) in [7, 11) is -1.20. The molecule has 1 aliphatic carbocycles. The SMILES string of the molecule is Cc1ccc(NC(=O)C(CC2CCC(=NO)CC2)c2ccc(S(C)=O)c(Cl)c2)nc1. The Morgan fingerprint density at radius 2 is 2.07 bits per heavy atom. The van der Waals surface area contributed by atoms with E-state index in [1.54, 1.807) is 30.7 Å². The Hall–Kier alpha value is -2.25. The number of carbonyl (C=O) groups is 1.